The summed E-state index contributed by atoms with van der Waals surface area (Å²) in [5.41, 5.74) is 6.03. The van der Waals surface area contributed by atoms with E-state index in [1.54, 1.807) is 13.0 Å². The molecule has 2 unspecified atom stereocenters. The number of hydrogen-bond donors (Lipinski definition) is 2. The van der Waals surface area contributed by atoms with E-state index in [1.807, 2.05) is 0 Å². The highest BCUT2D eigenvalue weighted by molar-refractivity contribution is 7.89. The van der Waals surface area contributed by atoms with Crippen molar-refractivity contribution in [3.05, 3.63) is 18.2 Å². The molecule has 0 bridgehead atoms. The van der Waals surface area contributed by atoms with Gasteiger partial charge in [-0.3, -0.25) is 0 Å². The van der Waals surface area contributed by atoms with Gasteiger partial charge in [0.15, 0.2) is 0 Å². The molecule has 21 heavy (non-hydrogen) atoms. The van der Waals surface area contributed by atoms with Gasteiger partial charge in [-0.15, -0.1) is 0 Å². The Bertz CT molecular complexity index is 605. The van der Waals surface area contributed by atoms with Crippen LogP contribution < -0.4 is 10.5 Å². The van der Waals surface area contributed by atoms with E-state index in [-0.39, 0.29) is 36.4 Å². The summed E-state index contributed by atoms with van der Waals surface area (Å²) in [5.74, 6) is 0.239. The summed E-state index contributed by atoms with van der Waals surface area (Å²) in [6.07, 6.45) is -0.525. The van der Waals surface area contributed by atoms with E-state index in [0.717, 1.165) is 0 Å². The quantitative estimate of drug-likeness (QED) is 0.761. The molecule has 0 saturated carbocycles. The van der Waals surface area contributed by atoms with Crippen molar-refractivity contribution in [2.75, 3.05) is 32.6 Å². The minimum Gasteiger partial charge on any atom is -0.495 e. The molecule has 0 spiro atoms. The van der Waals surface area contributed by atoms with Crippen molar-refractivity contribution in [2.45, 2.75) is 24.0 Å². The molecule has 0 radical (unpaired) electrons. The number of nitrogens with zero attached hydrogens (tertiary/aromatic N) is 1. The molecule has 118 valence electrons. The molecule has 1 saturated heterocycles. The van der Waals surface area contributed by atoms with Crippen LogP contribution in [-0.2, 0) is 14.8 Å². The van der Waals surface area contributed by atoms with Gasteiger partial charge < -0.3 is 20.3 Å². The minimum absolute atomic E-state index is 0.0236. The first-order chi connectivity index (χ1) is 9.90. The van der Waals surface area contributed by atoms with Crippen molar-refractivity contribution < 1.29 is 23.0 Å². The van der Waals surface area contributed by atoms with Crippen molar-refractivity contribution in [2.24, 2.45) is 0 Å². The molecule has 3 N–H and O–H groups in total. The van der Waals surface area contributed by atoms with Crippen LogP contribution >= 0.6 is 0 Å². The van der Waals surface area contributed by atoms with Gasteiger partial charge in [-0.2, -0.15) is 4.31 Å². The lowest BCUT2D eigenvalue weighted by molar-refractivity contribution is -0.0516. The summed E-state index contributed by atoms with van der Waals surface area (Å²) < 4.78 is 37.5. The Morgan fingerprint density at radius 3 is 2.86 bits per heavy atom. The van der Waals surface area contributed by atoms with Crippen LogP contribution in [0.3, 0.4) is 0 Å². The number of benzene rings is 1. The Labute approximate surface area is 124 Å². The lowest BCUT2D eigenvalue weighted by Gasteiger charge is -2.36. The first kappa shape index (κ1) is 16.0. The number of ether oxygens (including phenoxy) is 2. The number of hydrogen-bond acceptors (Lipinski definition) is 6. The minimum atomic E-state index is -3.78. The van der Waals surface area contributed by atoms with Crippen LogP contribution in [0.5, 0.6) is 5.75 Å². The van der Waals surface area contributed by atoms with Crippen LogP contribution in [0.1, 0.15) is 6.92 Å². The Morgan fingerprint density at radius 1 is 1.52 bits per heavy atom. The molecule has 1 aromatic carbocycles. The fourth-order valence-corrected chi connectivity index (χ4v) is 4.10. The van der Waals surface area contributed by atoms with Crippen molar-refractivity contribution in [1.29, 1.82) is 0 Å². The molecule has 1 heterocycles. The number of morpholine rings is 1. The van der Waals surface area contributed by atoms with Crippen molar-refractivity contribution in [1.82, 2.24) is 4.31 Å². The van der Waals surface area contributed by atoms with Crippen molar-refractivity contribution in [3.8, 4) is 5.75 Å². The van der Waals surface area contributed by atoms with E-state index in [4.69, 9.17) is 15.2 Å². The molecule has 0 aromatic heterocycles. The normalized spacial score (nSPS) is 24.0. The monoisotopic (exact) mass is 316 g/mol. The topological polar surface area (TPSA) is 102 Å². The largest absolute Gasteiger partial charge is 0.495 e. The third kappa shape index (κ3) is 3.13. The van der Waals surface area contributed by atoms with Gasteiger partial charge in [0.2, 0.25) is 10.0 Å². The lowest BCUT2D eigenvalue weighted by Crippen LogP contribution is -2.51. The van der Waals surface area contributed by atoms with Gasteiger partial charge in [-0.1, -0.05) is 0 Å². The van der Waals surface area contributed by atoms with E-state index < -0.39 is 16.1 Å². The molecule has 1 aromatic rings. The maximum atomic E-state index is 12.8. The van der Waals surface area contributed by atoms with E-state index in [1.165, 1.54) is 23.5 Å². The molecular formula is C13H20N2O5S. The number of aliphatic hydroxyl groups is 1. The zero-order chi connectivity index (χ0) is 15.6. The fourth-order valence-electron chi connectivity index (χ4n) is 2.26. The van der Waals surface area contributed by atoms with E-state index in [0.29, 0.717) is 5.69 Å². The second-order valence-corrected chi connectivity index (χ2v) is 6.83. The summed E-state index contributed by atoms with van der Waals surface area (Å²) in [6.45, 7) is 1.85. The van der Waals surface area contributed by atoms with Gasteiger partial charge in [-0.25, -0.2) is 8.42 Å². The number of sulfonamides is 1. The summed E-state index contributed by atoms with van der Waals surface area (Å²) in [4.78, 5) is 0.0236. The van der Waals surface area contributed by atoms with E-state index in [2.05, 4.69) is 0 Å². The third-order valence-corrected chi connectivity index (χ3v) is 5.43. The van der Waals surface area contributed by atoms with E-state index >= 15 is 0 Å². The Kier molecular flexibility index (Phi) is 4.72. The standard InChI is InChI=1S/C13H20N2O5S/c1-9-8-20-11(7-16)6-15(9)21(17,18)13-5-10(14)3-4-12(13)19-2/h3-5,9,11,16H,6-8,14H2,1-2H3. The molecule has 2 atom stereocenters. The fraction of sp³-hybridized carbons (Fsp3) is 0.538. The van der Waals surface area contributed by atoms with Crippen LogP contribution in [0.15, 0.2) is 23.1 Å². The zero-order valence-electron chi connectivity index (χ0n) is 12.0. The average Bonchev–Trinajstić information content (AvgIpc) is 2.47. The van der Waals surface area contributed by atoms with Crippen LogP contribution in [0.25, 0.3) is 0 Å². The predicted molar refractivity (Wildman–Crippen MR) is 77.6 cm³/mol. The highest BCUT2D eigenvalue weighted by atomic mass is 32.2. The number of aliphatic hydroxyl groups excluding tert-OH is 1. The molecule has 2 rings (SSSR count). The average molecular weight is 316 g/mol. The second kappa shape index (κ2) is 6.18. The van der Waals surface area contributed by atoms with E-state index in [9.17, 15) is 13.5 Å². The number of anilines is 1. The molecule has 7 nitrogen and oxygen atoms in total. The molecule has 1 aliphatic heterocycles. The Balaban J connectivity index is 2.43. The van der Waals surface area contributed by atoms with Gasteiger partial charge in [0.05, 0.1) is 26.4 Å². The molecular weight excluding hydrogens is 296 g/mol. The maximum Gasteiger partial charge on any atom is 0.247 e. The third-order valence-electron chi connectivity index (χ3n) is 3.43. The summed E-state index contributed by atoms with van der Waals surface area (Å²) in [7, 11) is -2.38. The highest BCUT2D eigenvalue weighted by Gasteiger charge is 2.36. The maximum absolute atomic E-state index is 12.8. The van der Waals surface area contributed by atoms with Gasteiger partial charge >= 0.3 is 0 Å². The Morgan fingerprint density at radius 2 is 2.24 bits per heavy atom. The molecule has 1 aliphatic rings. The zero-order valence-corrected chi connectivity index (χ0v) is 12.8. The SMILES string of the molecule is COc1ccc(N)cc1S(=O)(=O)N1CC(CO)OCC1C. The smallest absolute Gasteiger partial charge is 0.247 e. The first-order valence-corrected chi connectivity index (χ1v) is 8.02. The van der Waals surface area contributed by atoms with Gasteiger partial charge in [0, 0.05) is 18.3 Å². The highest BCUT2D eigenvalue weighted by Crippen LogP contribution is 2.31. The number of nitrogen functional groups attached to an aromatic ring is 1. The van der Waals surface area contributed by atoms with Crippen LogP contribution in [-0.4, -0.2) is 56.8 Å². The second-order valence-electron chi connectivity index (χ2n) is 4.97. The molecule has 1 fully saturated rings. The van der Waals surface area contributed by atoms with Gasteiger partial charge in [-0.05, 0) is 25.1 Å². The molecule has 0 aliphatic carbocycles. The number of methoxy groups -OCH3 is 1. The Hall–Kier alpha value is -1.35. The number of nitrogens with two attached hydrogens (primary N) is 1. The number of rotatable bonds is 4. The van der Waals surface area contributed by atoms with Crippen molar-refractivity contribution in [3.63, 3.8) is 0 Å². The predicted octanol–water partition coefficient (Wildman–Crippen LogP) is 0.0477. The molecule has 0 amide bonds. The summed E-state index contributed by atoms with van der Waals surface area (Å²) in [6, 6.07) is 4.15. The van der Waals surface area contributed by atoms with Gasteiger partial charge in [0.25, 0.3) is 0 Å². The molecule has 8 heteroatoms. The first-order valence-electron chi connectivity index (χ1n) is 6.58. The van der Waals surface area contributed by atoms with Gasteiger partial charge in [0.1, 0.15) is 10.6 Å². The lowest BCUT2D eigenvalue weighted by atomic mass is 10.2. The summed E-state index contributed by atoms with van der Waals surface area (Å²) >= 11 is 0. The summed E-state index contributed by atoms with van der Waals surface area (Å²) in [5, 5.41) is 9.19. The van der Waals surface area contributed by atoms with Crippen LogP contribution in [0, 0.1) is 0 Å². The van der Waals surface area contributed by atoms with Crippen LogP contribution in [0.4, 0.5) is 5.69 Å². The van der Waals surface area contributed by atoms with Crippen LogP contribution in [0.2, 0.25) is 0 Å². The van der Waals surface area contributed by atoms with Crippen molar-refractivity contribution >= 4 is 15.7 Å².